The Labute approximate surface area is 166 Å². The summed E-state index contributed by atoms with van der Waals surface area (Å²) in [5.41, 5.74) is 3.16. The highest BCUT2D eigenvalue weighted by atomic mass is 16.7. The van der Waals surface area contributed by atoms with E-state index < -0.39 is 0 Å². The van der Waals surface area contributed by atoms with Gasteiger partial charge >= 0.3 is 0 Å². The zero-order chi connectivity index (χ0) is 19.5. The normalized spacial score (nSPS) is 15.6. The first-order valence-electron chi connectivity index (χ1n) is 9.99. The molecule has 5 heteroatoms. The van der Waals surface area contributed by atoms with Crippen LogP contribution in [0.2, 0.25) is 0 Å². The van der Waals surface area contributed by atoms with Gasteiger partial charge in [0.25, 0.3) is 5.91 Å². The molecule has 148 valence electrons. The fourth-order valence-corrected chi connectivity index (χ4v) is 4.12. The molecule has 1 fully saturated rings. The average molecular weight is 381 g/mol. The molecule has 0 unspecified atom stereocenters. The topological polar surface area (TPSA) is 48.0 Å². The molecule has 0 spiro atoms. The largest absolute Gasteiger partial charge is 0.483 e. The number of fused-ring (bicyclic) bond motifs is 1. The molecule has 1 heterocycles. The molecule has 1 aliphatic carbocycles. The van der Waals surface area contributed by atoms with Crippen LogP contribution in [0.5, 0.6) is 17.2 Å². The van der Waals surface area contributed by atoms with Gasteiger partial charge in [-0.3, -0.25) is 4.79 Å². The molecule has 1 saturated carbocycles. The molecule has 0 bridgehead atoms. The first-order chi connectivity index (χ1) is 13.6. The molecule has 1 amide bonds. The summed E-state index contributed by atoms with van der Waals surface area (Å²) in [6.07, 6.45) is 4.46. The number of carbonyl (C=O) groups excluding carboxylic acids is 1. The Bertz CT molecular complexity index is 837. The summed E-state index contributed by atoms with van der Waals surface area (Å²) in [6.45, 7) is 4.90. The number of para-hydroxylation sites is 1. The quantitative estimate of drug-likeness (QED) is 0.745. The molecule has 28 heavy (non-hydrogen) atoms. The van der Waals surface area contributed by atoms with Crippen LogP contribution in [-0.2, 0) is 11.3 Å². The van der Waals surface area contributed by atoms with Crippen LogP contribution in [0.25, 0.3) is 0 Å². The molecular formula is C23H27NO4. The summed E-state index contributed by atoms with van der Waals surface area (Å²) < 4.78 is 16.8. The van der Waals surface area contributed by atoms with Crippen molar-refractivity contribution in [3.8, 4) is 17.2 Å². The Morgan fingerprint density at radius 1 is 1.07 bits per heavy atom. The summed E-state index contributed by atoms with van der Waals surface area (Å²) in [4.78, 5) is 15.1. The smallest absolute Gasteiger partial charge is 0.261 e. The minimum atomic E-state index is 0.0345. The van der Waals surface area contributed by atoms with E-state index in [1.54, 1.807) is 0 Å². The van der Waals surface area contributed by atoms with E-state index in [4.69, 9.17) is 14.2 Å². The van der Waals surface area contributed by atoms with Gasteiger partial charge in [-0.25, -0.2) is 0 Å². The van der Waals surface area contributed by atoms with E-state index in [0.29, 0.717) is 6.54 Å². The molecule has 0 saturated heterocycles. The maximum absolute atomic E-state index is 13.1. The van der Waals surface area contributed by atoms with Crippen LogP contribution < -0.4 is 14.2 Å². The number of hydrogen-bond acceptors (Lipinski definition) is 4. The van der Waals surface area contributed by atoms with Gasteiger partial charge in [0, 0.05) is 12.6 Å². The molecule has 2 aliphatic rings. The van der Waals surface area contributed by atoms with Crippen molar-refractivity contribution in [1.82, 2.24) is 4.90 Å². The predicted molar refractivity (Wildman–Crippen MR) is 107 cm³/mol. The first kappa shape index (κ1) is 18.7. The zero-order valence-electron chi connectivity index (χ0n) is 16.6. The van der Waals surface area contributed by atoms with Crippen molar-refractivity contribution in [2.45, 2.75) is 52.1 Å². The van der Waals surface area contributed by atoms with Crippen LogP contribution in [0.15, 0.2) is 36.4 Å². The molecule has 0 N–H and O–H groups in total. The molecule has 4 rings (SSSR count). The van der Waals surface area contributed by atoms with Crippen molar-refractivity contribution in [2.75, 3.05) is 13.4 Å². The van der Waals surface area contributed by atoms with E-state index in [0.717, 1.165) is 46.8 Å². The summed E-state index contributed by atoms with van der Waals surface area (Å²) in [7, 11) is 0. The van der Waals surface area contributed by atoms with Crippen LogP contribution in [0.1, 0.15) is 42.4 Å². The van der Waals surface area contributed by atoms with Gasteiger partial charge in [-0.1, -0.05) is 37.1 Å². The van der Waals surface area contributed by atoms with Crippen molar-refractivity contribution in [2.24, 2.45) is 0 Å². The highest BCUT2D eigenvalue weighted by Crippen LogP contribution is 2.34. The van der Waals surface area contributed by atoms with Gasteiger partial charge in [0.2, 0.25) is 6.79 Å². The maximum Gasteiger partial charge on any atom is 0.261 e. The fraction of sp³-hybridized carbons (Fsp3) is 0.435. The zero-order valence-corrected chi connectivity index (χ0v) is 16.6. The van der Waals surface area contributed by atoms with Crippen molar-refractivity contribution in [1.29, 1.82) is 0 Å². The van der Waals surface area contributed by atoms with E-state index in [1.807, 2.05) is 55.1 Å². The first-order valence-corrected chi connectivity index (χ1v) is 9.99. The molecule has 2 aromatic carbocycles. The summed E-state index contributed by atoms with van der Waals surface area (Å²) >= 11 is 0. The van der Waals surface area contributed by atoms with Crippen LogP contribution in [-0.4, -0.2) is 30.2 Å². The number of benzene rings is 2. The number of amides is 1. The number of aryl methyl sites for hydroxylation is 2. The van der Waals surface area contributed by atoms with Crippen molar-refractivity contribution >= 4 is 5.91 Å². The van der Waals surface area contributed by atoms with Gasteiger partial charge in [0.15, 0.2) is 18.1 Å². The lowest BCUT2D eigenvalue weighted by Gasteiger charge is -2.29. The van der Waals surface area contributed by atoms with E-state index in [1.165, 1.54) is 12.8 Å². The second-order valence-electron chi connectivity index (χ2n) is 7.66. The predicted octanol–water partition coefficient (Wildman–Crippen LogP) is 4.38. The molecular weight excluding hydrogens is 354 g/mol. The van der Waals surface area contributed by atoms with Gasteiger partial charge in [-0.05, 0) is 55.5 Å². The molecule has 5 nitrogen and oxygen atoms in total. The Morgan fingerprint density at radius 3 is 2.54 bits per heavy atom. The molecule has 0 radical (unpaired) electrons. The van der Waals surface area contributed by atoms with E-state index >= 15 is 0 Å². The van der Waals surface area contributed by atoms with Gasteiger partial charge in [0.1, 0.15) is 5.75 Å². The number of ether oxygens (including phenoxy) is 3. The molecule has 0 aromatic heterocycles. The standard InChI is InChI=1S/C23H27NO4/c1-16-6-5-7-17(2)23(16)26-14-22(25)24(19-8-3-4-9-19)13-18-10-11-20-21(12-18)28-15-27-20/h5-7,10-12,19H,3-4,8-9,13-15H2,1-2H3. The van der Waals surface area contributed by atoms with Crippen LogP contribution in [0.4, 0.5) is 0 Å². The van der Waals surface area contributed by atoms with Crippen LogP contribution in [0.3, 0.4) is 0 Å². The second kappa shape index (κ2) is 8.13. The van der Waals surface area contributed by atoms with Crippen molar-refractivity contribution < 1.29 is 19.0 Å². The Balaban J connectivity index is 1.48. The summed E-state index contributed by atoms with van der Waals surface area (Å²) in [5, 5.41) is 0. The molecule has 2 aromatic rings. The maximum atomic E-state index is 13.1. The second-order valence-corrected chi connectivity index (χ2v) is 7.66. The highest BCUT2D eigenvalue weighted by Gasteiger charge is 2.28. The molecule has 0 atom stereocenters. The summed E-state index contributed by atoms with van der Waals surface area (Å²) in [5.74, 6) is 2.36. The lowest BCUT2D eigenvalue weighted by atomic mass is 10.1. The van der Waals surface area contributed by atoms with Crippen LogP contribution >= 0.6 is 0 Å². The summed E-state index contributed by atoms with van der Waals surface area (Å²) in [6, 6.07) is 12.2. The van der Waals surface area contributed by atoms with Crippen molar-refractivity contribution in [3.63, 3.8) is 0 Å². The van der Waals surface area contributed by atoms with Gasteiger partial charge in [-0.15, -0.1) is 0 Å². The third-order valence-corrected chi connectivity index (χ3v) is 5.62. The lowest BCUT2D eigenvalue weighted by Crippen LogP contribution is -2.41. The number of rotatable bonds is 6. The van der Waals surface area contributed by atoms with Gasteiger partial charge < -0.3 is 19.1 Å². The van der Waals surface area contributed by atoms with Gasteiger partial charge in [0.05, 0.1) is 0 Å². The minimum absolute atomic E-state index is 0.0345. The minimum Gasteiger partial charge on any atom is -0.483 e. The third-order valence-electron chi connectivity index (χ3n) is 5.62. The third kappa shape index (κ3) is 3.93. The van der Waals surface area contributed by atoms with Crippen molar-refractivity contribution in [3.05, 3.63) is 53.1 Å². The Kier molecular flexibility index (Phi) is 5.42. The number of hydrogen-bond donors (Lipinski definition) is 0. The average Bonchev–Trinajstić information content (AvgIpc) is 3.37. The Morgan fingerprint density at radius 2 is 1.79 bits per heavy atom. The highest BCUT2D eigenvalue weighted by molar-refractivity contribution is 5.78. The van der Waals surface area contributed by atoms with E-state index in [-0.39, 0.29) is 25.3 Å². The monoisotopic (exact) mass is 381 g/mol. The number of carbonyl (C=O) groups is 1. The SMILES string of the molecule is Cc1cccc(C)c1OCC(=O)N(Cc1ccc2c(c1)OCO2)C1CCCC1. The van der Waals surface area contributed by atoms with Gasteiger partial charge in [-0.2, -0.15) is 0 Å². The van der Waals surface area contributed by atoms with E-state index in [2.05, 4.69) is 0 Å². The molecule has 1 aliphatic heterocycles. The fourth-order valence-electron chi connectivity index (χ4n) is 4.12. The van der Waals surface area contributed by atoms with E-state index in [9.17, 15) is 4.79 Å². The Hall–Kier alpha value is -2.69. The lowest BCUT2D eigenvalue weighted by molar-refractivity contribution is -0.136. The van der Waals surface area contributed by atoms with Crippen LogP contribution in [0, 0.1) is 13.8 Å². The number of nitrogens with zero attached hydrogens (tertiary/aromatic N) is 1.